The fourth-order valence-electron chi connectivity index (χ4n) is 3.86. The van der Waals surface area contributed by atoms with Crippen LogP contribution in [0, 0.1) is 12.8 Å². The molecule has 0 saturated carbocycles. The number of ether oxygens (including phenoxy) is 2. The Bertz CT molecular complexity index is 842. The molecule has 150 valence electrons. The minimum atomic E-state index is -0.0339. The molecule has 3 heterocycles. The first-order valence-corrected chi connectivity index (χ1v) is 9.93. The number of carbonyl (C=O) groups excluding carboxylic acids is 1. The van der Waals surface area contributed by atoms with Crippen molar-refractivity contribution in [2.75, 3.05) is 39.9 Å². The molecule has 0 aliphatic carbocycles. The highest BCUT2D eigenvalue weighted by atomic mass is 16.6. The van der Waals surface area contributed by atoms with Crippen LogP contribution in [0.25, 0.3) is 5.69 Å². The molecule has 4 rings (SSSR count). The van der Waals surface area contributed by atoms with Crippen LogP contribution >= 0.6 is 0 Å². The Balaban J connectivity index is 1.47. The summed E-state index contributed by atoms with van der Waals surface area (Å²) < 4.78 is 12.9. The lowest BCUT2D eigenvalue weighted by Crippen LogP contribution is -2.39. The van der Waals surface area contributed by atoms with Gasteiger partial charge in [-0.25, -0.2) is 4.68 Å². The summed E-state index contributed by atoms with van der Waals surface area (Å²) in [5.74, 6) is 2.07. The van der Waals surface area contributed by atoms with Gasteiger partial charge >= 0.3 is 0 Å². The smallest absolute Gasteiger partial charge is 0.276 e. The van der Waals surface area contributed by atoms with Gasteiger partial charge in [0.1, 0.15) is 13.2 Å². The van der Waals surface area contributed by atoms with E-state index in [1.807, 2.05) is 37.1 Å². The lowest BCUT2D eigenvalue weighted by Gasteiger charge is -2.31. The molecule has 8 nitrogen and oxygen atoms in total. The first-order valence-electron chi connectivity index (χ1n) is 9.93. The maximum absolute atomic E-state index is 13.0. The number of amides is 1. The van der Waals surface area contributed by atoms with Crippen molar-refractivity contribution in [3.63, 3.8) is 0 Å². The van der Waals surface area contributed by atoms with Gasteiger partial charge in [0.2, 0.25) is 0 Å². The van der Waals surface area contributed by atoms with Crippen LogP contribution in [0.2, 0.25) is 0 Å². The first kappa shape index (κ1) is 18.7. The number of nitrogens with zero attached hydrogens (tertiary/aromatic N) is 4. The van der Waals surface area contributed by atoms with Gasteiger partial charge in [-0.15, -0.1) is 5.10 Å². The van der Waals surface area contributed by atoms with Crippen molar-refractivity contribution in [1.82, 2.24) is 25.2 Å². The molecular weight excluding hydrogens is 358 g/mol. The molecule has 28 heavy (non-hydrogen) atoms. The maximum Gasteiger partial charge on any atom is 0.276 e. The topological polar surface area (TPSA) is 81.5 Å². The summed E-state index contributed by atoms with van der Waals surface area (Å²) >= 11 is 0. The summed E-state index contributed by atoms with van der Waals surface area (Å²) in [5, 5.41) is 11.6. The predicted molar refractivity (Wildman–Crippen MR) is 104 cm³/mol. The Hall–Kier alpha value is -2.61. The van der Waals surface area contributed by atoms with Crippen molar-refractivity contribution in [3.8, 4) is 17.2 Å². The van der Waals surface area contributed by atoms with E-state index in [4.69, 9.17) is 9.47 Å². The van der Waals surface area contributed by atoms with Gasteiger partial charge in [-0.3, -0.25) is 4.79 Å². The van der Waals surface area contributed by atoms with Crippen LogP contribution < -0.4 is 14.8 Å². The Morgan fingerprint density at radius 1 is 1.21 bits per heavy atom. The number of nitrogens with one attached hydrogen (secondary N) is 1. The largest absolute Gasteiger partial charge is 0.486 e. The second-order valence-electron chi connectivity index (χ2n) is 7.39. The fraction of sp³-hybridized carbons (Fsp3) is 0.550. The number of rotatable bonds is 5. The van der Waals surface area contributed by atoms with E-state index in [1.54, 1.807) is 4.68 Å². The van der Waals surface area contributed by atoms with Gasteiger partial charge in [0.15, 0.2) is 17.2 Å². The maximum atomic E-state index is 13.0. The number of piperidine rings is 1. The van der Waals surface area contributed by atoms with Crippen LogP contribution in [0.3, 0.4) is 0 Å². The van der Waals surface area contributed by atoms with E-state index in [-0.39, 0.29) is 5.91 Å². The van der Waals surface area contributed by atoms with Crippen LogP contribution in [0.5, 0.6) is 11.5 Å². The van der Waals surface area contributed by atoms with E-state index < -0.39 is 0 Å². The molecular formula is C20H27N5O3. The molecule has 0 spiro atoms. The highest BCUT2D eigenvalue weighted by molar-refractivity contribution is 5.93. The Labute approximate surface area is 164 Å². The molecule has 1 amide bonds. The number of carbonyl (C=O) groups is 1. The normalized spacial score (nSPS) is 17.0. The number of aromatic nitrogens is 3. The van der Waals surface area contributed by atoms with E-state index in [9.17, 15) is 4.79 Å². The summed E-state index contributed by atoms with van der Waals surface area (Å²) in [4.78, 5) is 14.9. The van der Waals surface area contributed by atoms with Crippen LogP contribution in [0.1, 0.15) is 35.4 Å². The molecule has 1 N–H and O–H groups in total. The second-order valence-corrected chi connectivity index (χ2v) is 7.39. The molecule has 2 aliphatic heterocycles. The number of benzene rings is 1. The van der Waals surface area contributed by atoms with E-state index >= 15 is 0 Å². The molecule has 0 atom stereocenters. The van der Waals surface area contributed by atoms with Crippen LogP contribution in [0.4, 0.5) is 0 Å². The lowest BCUT2D eigenvalue weighted by molar-refractivity contribution is 0.0680. The van der Waals surface area contributed by atoms with Crippen molar-refractivity contribution < 1.29 is 14.3 Å². The van der Waals surface area contributed by atoms with Gasteiger partial charge in [-0.05, 0) is 57.8 Å². The van der Waals surface area contributed by atoms with Crippen LogP contribution in [-0.4, -0.2) is 65.7 Å². The quantitative estimate of drug-likeness (QED) is 0.845. The van der Waals surface area contributed by atoms with Gasteiger partial charge < -0.3 is 19.7 Å². The SMILES string of the molecule is CNCCC1CCN(C(=O)c2nnn(-c3ccc4c(c3)OCCO4)c2C)CC1. The molecule has 8 heteroatoms. The van der Waals surface area contributed by atoms with Gasteiger partial charge in [0.25, 0.3) is 5.91 Å². The van der Waals surface area contributed by atoms with Crippen molar-refractivity contribution in [1.29, 1.82) is 0 Å². The van der Waals surface area contributed by atoms with Gasteiger partial charge in [0, 0.05) is 19.2 Å². The van der Waals surface area contributed by atoms with Crippen molar-refractivity contribution >= 4 is 5.91 Å². The Morgan fingerprint density at radius 3 is 2.71 bits per heavy atom. The third kappa shape index (κ3) is 3.69. The molecule has 1 aromatic heterocycles. The van der Waals surface area contributed by atoms with Gasteiger partial charge in [-0.1, -0.05) is 5.21 Å². The van der Waals surface area contributed by atoms with Gasteiger partial charge in [-0.2, -0.15) is 0 Å². The minimum Gasteiger partial charge on any atom is -0.486 e. The number of fused-ring (bicyclic) bond motifs is 1. The third-order valence-corrected chi connectivity index (χ3v) is 5.57. The molecule has 2 aliphatic rings. The van der Waals surface area contributed by atoms with Crippen molar-refractivity contribution in [3.05, 3.63) is 29.6 Å². The average Bonchev–Trinajstić information content (AvgIpc) is 3.13. The average molecular weight is 385 g/mol. The molecule has 2 aromatic rings. The minimum absolute atomic E-state index is 0.0339. The summed E-state index contributed by atoms with van der Waals surface area (Å²) in [6.07, 6.45) is 3.25. The summed E-state index contributed by atoms with van der Waals surface area (Å²) in [7, 11) is 1.98. The van der Waals surface area contributed by atoms with Crippen LogP contribution in [0.15, 0.2) is 18.2 Å². The standard InChI is InChI=1S/C20H27N5O3/c1-14-19(20(26)24-9-6-15(7-10-24)5-8-21-2)22-23-25(14)16-3-4-17-18(13-16)28-12-11-27-17/h3-4,13,15,21H,5-12H2,1-2H3. The molecule has 0 unspecified atom stereocenters. The monoisotopic (exact) mass is 385 g/mol. The van der Waals surface area contributed by atoms with E-state index in [0.29, 0.717) is 30.6 Å². The zero-order valence-electron chi connectivity index (χ0n) is 16.5. The van der Waals surface area contributed by atoms with Crippen molar-refractivity contribution in [2.45, 2.75) is 26.2 Å². The lowest BCUT2D eigenvalue weighted by atomic mass is 9.93. The zero-order chi connectivity index (χ0) is 19.5. The Morgan fingerprint density at radius 2 is 1.96 bits per heavy atom. The molecule has 0 radical (unpaired) electrons. The highest BCUT2D eigenvalue weighted by Gasteiger charge is 2.27. The number of hydrogen-bond acceptors (Lipinski definition) is 6. The molecule has 1 aromatic carbocycles. The summed E-state index contributed by atoms with van der Waals surface area (Å²) in [5.41, 5.74) is 1.96. The molecule has 0 bridgehead atoms. The number of hydrogen-bond donors (Lipinski definition) is 1. The van der Waals surface area contributed by atoms with Crippen LogP contribution in [-0.2, 0) is 0 Å². The molecule has 1 fully saturated rings. The summed E-state index contributed by atoms with van der Waals surface area (Å²) in [6.45, 7) is 5.55. The zero-order valence-corrected chi connectivity index (χ0v) is 16.5. The van der Waals surface area contributed by atoms with Gasteiger partial charge in [0.05, 0.1) is 11.4 Å². The fourth-order valence-corrected chi connectivity index (χ4v) is 3.86. The van der Waals surface area contributed by atoms with E-state index in [2.05, 4.69) is 15.6 Å². The second kappa shape index (κ2) is 8.18. The van der Waals surface area contributed by atoms with E-state index in [1.165, 1.54) is 0 Å². The van der Waals surface area contributed by atoms with E-state index in [0.717, 1.165) is 56.0 Å². The highest BCUT2D eigenvalue weighted by Crippen LogP contribution is 2.32. The van der Waals surface area contributed by atoms with Crippen molar-refractivity contribution in [2.24, 2.45) is 5.92 Å². The first-order chi connectivity index (χ1) is 13.7. The number of likely N-dealkylation sites (tertiary alicyclic amines) is 1. The Kier molecular flexibility index (Phi) is 5.47. The molecule has 1 saturated heterocycles. The predicted octanol–water partition coefficient (Wildman–Crippen LogP) is 1.81. The summed E-state index contributed by atoms with van der Waals surface area (Å²) in [6, 6.07) is 5.64. The third-order valence-electron chi connectivity index (χ3n) is 5.57.